The van der Waals surface area contributed by atoms with Crippen LogP contribution in [0.2, 0.25) is 5.02 Å². The zero-order chi connectivity index (χ0) is 15.5. The fourth-order valence-corrected chi connectivity index (χ4v) is 3.33. The van der Waals surface area contributed by atoms with Crippen molar-refractivity contribution in [3.05, 3.63) is 58.6 Å². The van der Waals surface area contributed by atoms with E-state index in [9.17, 15) is 0 Å². The van der Waals surface area contributed by atoms with Crippen molar-refractivity contribution in [3.63, 3.8) is 0 Å². The second-order valence-electron chi connectivity index (χ2n) is 6.16. The number of hydrogen-bond acceptors (Lipinski definition) is 2. The lowest BCUT2D eigenvalue weighted by Crippen LogP contribution is -2.10. The normalized spacial score (nSPS) is 11.7. The highest BCUT2D eigenvalue weighted by Crippen LogP contribution is 2.33. The Morgan fingerprint density at radius 2 is 1.71 bits per heavy atom. The maximum absolute atomic E-state index is 6.13. The van der Waals surface area contributed by atoms with Gasteiger partial charge in [0.15, 0.2) is 0 Å². The summed E-state index contributed by atoms with van der Waals surface area (Å²) in [4.78, 5) is 2.45. The van der Waals surface area contributed by atoms with Gasteiger partial charge in [0.2, 0.25) is 0 Å². The summed E-state index contributed by atoms with van der Waals surface area (Å²) in [6.07, 6.45) is 0. The van der Waals surface area contributed by atoms with Crippen LogP contribution in [-0.4, -0.2) is 7.05 Å². The first-order valence-electron chi connectivity index (χ1n) is 7.11. The van der Waals surface area contributed by atoms with Crippen LogP contribution in [0.1, 0.15) is 31.9 Å². The zero-order valence-electron chi connectivity index (χ0n) is 13.0. The van der Waals surface area contributed by atoms with Gasteiger partial charge in [-0.3, -0.25) is 0 Å². The maximum Gasteiger partial charge on any atom is 0.0417 e. The van der Waals surface area contributed by atoms with E-state index in [0.29, 0.717) is 0 Å². The van der Waals surface area contributed by atoms with Crippen molar-refractivity contribution in [2.24, 2.45) is 0 Å². The van der Waals surface area contributed by atoms with Crippen LogP contribution in [0.5, 0.6) is 0 Å². The summed E-state index contributed by atoms with van der Waals surface area (Å²) in [5.74, 6) is 0. The fraction of sp³-hybridized carbons (Fsp3) is 0.333. The minimum atomic E-state index is 0.191. The highest BCUT2D eigenvalue weighted by Gasteiger charge is 2.13. The van der Waals surface area contributed by atoms with Gasteiger partial charge in [-0.1, -0.05) is 62.3 Å². The number of benzene rings is 2. The SMILES string of the molecule is CNCc1ccc(Cl)cc1Sc1ccc(C(C)(C)C)cc1. The quantitative estimate of drug-likeness (QED) is 0.797. The van der Waals surface area contributed by atoms with Crippen molar-refractivity contribution in [2.75, 3.05) is 7.05 Å². The van der Waals surface area contributed by atoms with Gasteiger partial charge < -0.3 is 5.32 Å². The maximum atomic E-state index is 6.13. The minimum absolute atomic E-state index is 0.191. The third kappa shape index (κ3) is 4.50. The van der Waals surface area contributed by atoms with Gasteiger partial charge in [0, 0.05) is 21.4 Å². The molecule has 0 atom stereocenters. The van der Waals surface area contributed by atoms with Crippen LogP contribution >= 0.6 is 23.4 Å². The third-order valence-electron chi connectivity index (χ3n) is 3.34. The van der Waals surface area contributed by atoms with Crippen molar-refractivity contribution in [3.8, 4) is 0 Å². The summed E-state index contributed by atoms with van der Waals surface area (Å²) in [6, 6.07) is 14.9. The number of halogens is 1. The van der Waals surface area contributed by atoms with Crippen molar-refractivity contribution in [1.29, 1.82) is 0 Å². The molecule has 1 nitrogen and oxygen atoms in total. The van der Waals surface area contributed by atoms with Gasteiger partial charge in [-0.25, -0.2) is 0 Å². The van der Waals surface area contributed by atoms with Gasteiger partial charge in [-0.15, -0.1) is 0 Å². The third-order valence-corrected chi connectivity index (χ3v) is 4.69. The summed E-state index contributed by atoms with van der Waals surface area (Å²) in [6.45, 7) is 7.55. The fourth-order valence-electron chi connectivity index (χ4n) is 2.11. The second kappa shape index (κ2) is 6.87. The van der Waals surface area contributed by atoms with Crippen molar-refractivity contribution in [1.82, 2.24) is 5.32 Å². The lowest BCUT2D eigenvalue weighted by atomic mass is 9.87. The van der Waals surface area contributed by atoms with Gasteiger partial charge >= 0.3 is 0 Å². The first kappa shape index (κ1) is 16.4. The molecular weight excluding hydrogens is 298 g/mol. The summed E-state index contributed by atoms with van der Waals surface area (Å²) < 4.78 is 0. The number of rotatable bonds is 4. The lowest BCUT2D eigenvalue weighted by Gasteiger charge is -2.19. The molecule has 0 aliphatic rings. The molecule has 1 N–H and O–H groups in total. The lowest BCUT2D eigenvalue weighted by molar-refractivity contribution is 0.590. The zero-order valence-corrected chi connectivity index (χ0v) is 14.6. The van der Waals surface area contributed by atoms with Crippen LogP contribution in [0.4, 0.5) is 0 Å². The van der Waals surface area contributed by atoms with Crippen LogP contribution in [0.25, 0.3) is 0 Å². The molecular formula is C18H22ClNS. The minimum Gasteiger partial charge on any atom is -0.316 e. The van der Waals surface area contributed by atoms with Crippen LogP contribution in [0.15, 0.2) is 52.3 Å². The highest BCUT2D eigenvalue weighted by molar-refractivity contribution is 7.99. The number of nitrogens with one attached hydrogen (secondary N) is 1. The van der Waals surface area contributed by atoms with Gasteiger partial charge in [0.1, 0.15) is 0 Å². The van der Waals surface area contributed by atoms with Crippen molar-refractivity contribution < 1.29 is 0 Å². The molecule has 0 aliphatic carbocycles. The summed E-state index contributed by atoms with van der Waals surface area (Å²) in [5.41, 5.74) is 2.82. The Hall–Kier alpha value is -0.960. The molecule has 0 aliphatic heterocycles. The van der Waals surface area contributed by atoms with Crippen LogP contribution in [0.3, 0.4) is 0 Å². The van der Waals surface area contributed by atoms with E-state index in [1.165, 1.54) is 20.9 Å². The number of hydrogen-bond donors (Lipinski definition) is 1. The molecule has 2 aromatic rings. The van der Waals surface area contributed by atoms with Crippen LogP contribution in [0, 0.1) is 0 Å². The molecule has 0 bridgehead atoms. The van der Waals surface area contributed by atoms with Gasteiger partial charge in [-0.2, -0.15) is 0 Å². The van der Waals surface area contributed by atoms with E-state index < -0.39 is 0 Å². The topological polar surface area (TPSA) is 12.0 Å². The predicted molar refractivity (Wildman–Crippen MR) is 93.5 cm³/mol. The monoisotopic (exact) mass is 319 g/mol. The van der Waals surface area contributed by atoms with Gasteiger partial charge in [0.05, 0.1) is 0 Å². The summed E-state index contributed by atoms with van der Waals surface area (Å²) in [7, 11) is 1.96. The average molecular weight is 320 g/mol. The highest BCUT2D eigenvalue weighted by atomic mass is 35.5. The van der Waals surface area contributed by atoms with E-state index in [4.69, 9.17) is 11.6 Å². The molecule has 0 heterocycles. The molecule has 0 spiro atoms. The molecule has 0 aromatic heterocycles. The van der Waals surface area contributed by atoms with Gasteiger partial charge in [-0.05, 0) is 47.9 Å². The van der Waals surface area contributed by atoms with E-state index in [1.807, 2.05) is 19.2 Å². The molecule has 3 heteroatoms. The molecule has 0 saturated carbocycles. The molecule has 0 saturated heterocycles. The molecule has 2 aromatic carbocycles. The van der Waals surface area contributed by atoms with E-state index in [0.717, 1.165) is 11.6 Å². The van der Waals surface area contributed by atoms with Crippen molar-refractivity contribution in [2.45, 2.75) is 42.5 Å². The predicted octanol–water partition coefficient (Wildman–Crippen LogP) is 5.51. The van der Waals surface area contributed by atoms with Crippen molar-refractivity contribution >= 4 is 23.4 Å². The second-order valence-corrected chi connectivity index (χ2v) is 7.71. The smallest absolute Gasteiger partial charge is 0.0417 e. The summed E-state index contributed by atoms with van der Waals surface area (Å²) in [5, 5.41) is 3.98. The first-order chi connectivity index (χ1) is 9.90. The molecule has 2 rings (SSSR count). The molecule has 0 unspecified atom stereocenters. The van der Waals surface area contributed by atoms with Gasteiger partial charge in [0.25, 0.3) is 0 Å². The van der Waals surface area contributed by atoms with Crippen LogP contribution in [-0.2, 0) is 12.0 Å². The van der Waals surface area contributed by atoms with E-state index in [1.54, 1.807) is 11.8 Å². The Kier molecular flexibility index (Phi) is 5.37. The molecule has 0 fully saturated rings. The van der Waals surface area contributed by atoms with E-state index >= 15 is 0 Å². The summed E-state index contributed by atoms with van der Waals surface area (Å²) >= 11 is 7.90. The average Bonchev–Trinajstić information content (AvgIpc) is 2.42. The standard InChI is InChI=1S/C18H22ClNS/c1-18(2,3)14-6-9-16(10-7-14)21-17-11-15(19)8-5-13(17)12-20-4/h5-11,20H,12H2,1-4H3. The van der Waals surface area contributed by atoms with E-state index in [-0.39, 0.29) is 5.41 Å². The Morgan fingerprint density at radius 1 is 1.05 bits per heavy atom. The molecule has 0 radical (unpaired) electrons. The Morgan fingerprint density at radius 3 is 2.29 bits per heavy atom. The first-order valence-corrected chi connectivity index (χ1v) is 8.31. The Balaban J connectivity index is 2.23. The molecule has 21 heavy (non-hydrogen) atoms. The molecule has 0 amide bonds. The Bertz CT molecular complexity index is 600. The Labute approximate surface area is 137 Å². The van der Waals surface area contributed by atoms with E-state index in [2.05, 4.69) is 56.4 Å². The van der Waals surface area contributed by atoms with Crippen LogP contribution < -0.4 is 5.32 Å². The molecule has 112 valence electrons. The largest absolute Gasteiger partial charge is 0.316 e.